The van der Waals surface area contributed by atoms with Gasteiger partial charge in [-0.3, -0.25) is 9.59 Å². The highest BCUT2D eigenvalue weighted by Gasteiger charge is 2.17. The van der Waals surface area contributed by atoms with Crippen LogP contribution in [0.5, 0.6) is 0 Å². The molecule has 4 aromatic rings. The lowest BCUT2D eigenvalue weighted by atomic mass is 10.1. The van der Waals surface area contributed by atoms with Crippen LogP contribution in [0.4, 0.5) is 0 Å². The van der Waals surface area contributed by atoms with Crippen molar-refractivity contribution in [2.24, 2.45) is 0 Å². The lowest BCUT2D eigenvalue weighted by Gasteiger charge is -2.19. The third-order valence-electron chi connectivity index (χ3n) is 6.26. The highest BCUT2D eigenvalue weighted by molar-refractivity contribution is 5.89. The number of carbonyl (C=O) groups excluding carboxylic acids is 1. The fourth-order valence-corrected chi connectivity index (χ4v) is 4.31. The largest absolute Gasteiger partial charge is 0.354 e. The Kier molecular flexibility index (Phi) is 5.08. The highest BCUT2D eigenvalue weighted by atomic mass is 16.2. The van der Waals surface area contributed by atoms with Crippen LogP contribution in [0.3, 0.4) is 0 Å². The van der Waals surface area contributed by atoms with Gasteiger partial charge in [-0.1, -0.05) is 24.3 Å². The van der Waals surface area contributed by atoms with Crippen LogP contribution in [0.2, 0.25) is 0 Å². The summed E-state index contributed by atoms with van der Waals surface area (Å²) in [5, 5.41) is 2.11. The summed E-state index contributed by atoms with van der Waals surface area (Å²) in [5.74, 6) is 0.229. The summed E-state index contributed by atoms with van der Waals surface area (Å²) in [6, 6.07) is 18.2. The Bertz CT molecular complexity index is 1320. The molecule has 2 aromatic heterocycles. The molecule has 1 amide bonds. The van der Waals surface area contributed by atoms with E-state index in [1.54, 1.807) is 0 Å². The Balaban J connectivity index is 1.36. The van der Waals surface area contributed by atoms with Gasteiger partial charge in [0.05, 0.1) is 11.3 Å². The molecule has 0 unspecified atom stereocenters. The number of likely N-dealkylation sites (N-methyl/N-ethyl adjacent to an activating group) is 1. The molecule has 158 valence electrons. The van der Waals surface area contributed by atoms with Gasteiger partial charge in [-0.25, -0.2) is 0 Å². The molecule has 31 heavy (non-hydrogen) atoms. The van der Waals surface area contributed by atoms with E-state index in [-0.39, 0.29) is 11.5 Å². The van der Waals surface area contributed by atoms with Gasteiger partial charge in [0.2, 0.25) is 5.91 Å². The Hall–Kier alpha value is -3.38. The Morgan fingerprint density at radius 2 is 1.71 bits per heavy atom. The van der Waals surface area contributed by atoms with Crippen molar-refractivity contribution in [1.29, 1.82) is 0 Å². The normalized spacial score (nSPS) is 15.6. The average Bonchev–Trinajstić information content (AvgIpc) is 3.13. The molecule has 6 nitrogen and oxygen atoms in total. The van der Waals surface area contributed by atoms with Crippen LogP contribution in [0.15, 0.2) is 59.4 Å². The number of nitrogens with zero attached hydrogens (tertiary/aromatic N) is 2. The quantitative estimate of drug-likeness (QED) is 0.538. The summed E-state index contributed by atoms with van der Waals surface area (Å²) < 4.78 is 0. The van der Waals surface area contributed by atoms with Crippen LogP contribution in [0.1, 0.15) is 12.0 Å². The van der Waals surface area contributed by atoms with Gasteiger partial charge in [-0.15, -0.1) is 0 Å². The molecule has 0 aliphatic carbocycles. The molecule has 0 spiro atoms. The number of aromatic nitrogens is 2. The lowest BCUT2D eigenvalue weighted by molar-refractivity contribution is -0.129. The van der Waals surface area contributed by atoms with Gasteiger partial charge < -0.3 is 19.8 Å². The fraction of sp³-hybridized carbons (Fsp3) is 0.280. The first kappa shape index (κ1) is 19.6. The SMILES string of the molecule is CN1CCN(CCc2ccc3[nH]c(-c4cc5ccccc5[nH]c4=O)cc3c2)CCC1=O. The van der Waals surface area contributed by atoms with E-state index in [0.717, 1.165) is 60.1 Å². The van der Waals surface area contributed by atoms with Crippen LogP contribution in [-0.4, -0.2) is 58.9 Å². The number of carbonyl (C=O) groups is 1. The van der Waals surface area contributed by atoms with Crippen LogP contribution in [-0.2, 0) is 11.2 Å². The van der Waals surface area contributed by atoms with Crippen LogP contribution in [0.25, 0.3) is 33.1 Å². The number of aromatic amines is 2. The maximum absolute atomic E-state index is 12.6. The van der Waals surface area contributed by atoms with Crippen LogP contribution < -0.4 is 5.56 Å². The van der Waals surface area contributed by atoms with Gasteiger partial charge in [0.15, 0.2) is 0 Å². The predicted octanol–water partition coefficient (Wildman–Crippen LogP) is 3.38. The van der Waals surface area contributed by atoms with Crippen molar-refractivity contribution >= 4 is 27.7 Å². The van der Waals surface area contributed by atoms with E-state index in [2.05, 4.69) is 39.1 Å². The standard InChI is InChI=1S/C25H26N4O2/c1-28-12-13-29(11-9-24(28)30)10-8-17-6-7-22-19(14-17)16-23(26-22)20-15-18-4-2-3-5-21(18)27-25(20)31/h2-7,14-16,26H,8-13H2,1H3,(H,27,31). The van der Waals surface area contributed by atoms with Crippen LogP contribution in [0, 0.1) is 0 Å². The van der Waals surface area contributed by atoms with E-state index in [4.69, 9.17) is 0 Å². The molecule has 2 N–H and O–H groups in total. The molecular formula is C25H26N4O2. The van der Waals surface area contributed by atoms with Gasteiger partial charge in [-0.05, 0) is 47.7 Å². The van der Waals surface area contributed by atoms with Crippen molar-refractivity contribution in [1.82, 2.24) is 19.8 Å². The number of amides is 1. The molecule has 1 fully saturated rings. The second-order valence-electron chi connectivity index (χ2n) is 8.36. The number of fused-ring (bicyclic) bond motifs is 2. The van der Waals surface area contributed by atoms with E-state index < -0.39 is 0 Å². The Morgan fingerprint density at radius 3 is 2.61 bits per heavy atom. The van der Waals surface area contributed by atoms with Gasteiger partial charge in [0, 0.05) is 56.1 Å². The van der Waals surface area contributed by atoms with Gasteiger partial charge >= 0.3 is 0 Å². The first-order valence-corrected chi connectivity index (χ1v) is 10.8. The monoisotopic (exact) mass is 414 g/mol. The van der Waals surface area contributed by atoms with Crippen molar-refractivity contribution in [3.8, 4) is 11.3 Å². The van der Waals surface area contributed by atoms with Gasteiger partial charge in [0.25, 0.3) is 5.56 Å². The maximum atomic E-state index is 12.6. The maximum Gasteiger partial charge on any atom is 0.257 e. The Morgan fingerprint density at radius 1 is 0.871 bits per heavy atom. The van der Waals surface area contributed by atoms with E-state index >= 15 is 0 Å². The van der Waals surface area contributed by atoms with Gasteiger partial charge in [0.1, 0.15) is 0 Å². The van der Waals surface area contributed by atoms with Crippen molar-refractivity contribution in [3.63, 3.8) is 0 Å². The number of nitrogens with one attached hydrogen (secondary N) is 2. The minimum Gasteiger partial charge on any atom is -0.354 e. The molecule has 1 saturated heterocycles. The first-order valence-electron chi connectivity index (χ1n) is 10.8. The molecule has 0 bridgehead atoms. The summed E-state index contributed by atoms with van der Waals surface area (Å²) in [6.45, 7) is 3.47. The molecule has 0 radical (unpaired) electrons. The zero-order chi connectivity index (χ0) is 21.4. The molecule has 2 aromatic carbocycles. The lowest BCUT2D eigenvalue weighted by Crippen LogP contribution is -2.31. The third-order valence-corrected chi connectivity index (χ3v) is 6.26. The minimum atomic E-state index is -0.0915. The number of hydrogen-bond acceptors (Lipinski definition) is 3. The van der Waals surface area contributed by atoms with Crippen LogP contribution >= 0.6 is 0 Å². The predicted molar refractivity (Wildman–Crippen MR) is 124 cm³/mol. The molecule has 3 heterocycles. The molecule has 6 heteroatoms. The third kappa shape index (κ3) is 3.99. The summed E-state index contributed by atoms with van der Waals surface area (Å²) in [6.07, 6.45) is 1.53. The highest BCUT2D eigenvalue weighted by Crippen LogP contribution is 2.25. The number of H-pyrrole nitrogens is 2. The zero-order valence-electron chi connectivity index (χ0n) is 17.6. The molecule has 0 saturated carbocycles. The number of benzene rings is 2. The molecule has 0 atom stereocenters. The minimum absolute atomic E-state index is 0.0915. The smallest absolute Gasteiger partial charge is 0.257 e. The molecular weight excluding hydrogens is 388 g/mol. The number of pyridine rings is 1. The number of para-hydroxylation sites is 1. The second kappa shape index (κ2) is 8.04. The summed E-state index contributed by atoms with van der Waals surface area (Å²) in [7, 11) is 1.88. The van der Waals surface area contributed by atoms with Gasteiger partial charge in [-0.2, -0.15) is 0 Å². The van der Waals surface area contributed by atoms with Crippen molar-refractivity contribution < 1.29 is 4.79 Å². The van der Waals surface area contributed by atoms with E-state index in [9.17, 15) is 9.59 Å². The number of hydrogen-bond donors (Lipinski definition) is 2. The topological polar surface area (TPSA) is 72.2 Å². The summed E-state index contributed by atoms with van der Waals surface area (Å²) in [4.78, 5) is 35.0. The summed E-state index contributed by atoms with van der Waals surface area (Å²) >= 11 is 0. The second-order valence-corrected chi connectivity index (χ2v) is 8.36. The zero-order valence-corrected chi connectivity index (χ0v) is 17.6. The van der Waals surface area contributed by atoms with Crippen molar-refractivity contribution in [3.05, 3.63) is 70.5 Å². The summed E-state index contributed by atoms with van der Waals surface area (Å²) in [5.41, 5.74) is 4.51. The molecule has 1 aliphatic heterocycles. The Labute approximate surface area is 180 Å². The van der Waals surface area contributed by atoms with Crippen molar-refractivity contribution in [2.75, 3.05) is 33.2 Å². The number of rotatable bonds is 4. The first-order chi connectivity index (χ1) is 15.1. The van der Waals surface area contributed by atoms with E-state index in [0.29, 0.717) is 12.0 Å². The van der Waals surface area contributed by atoms with E-state index in [1.807, 2.05) is 42.3 Å². The molecule has 1 aliphatic rings. The fourth-order valence-electron chi connectivity index (χ4n) is 4.31. The average molecular weight is 415 g/mol. The molecule has 5 rings (SSSR count). The van der Waals surface area contributed by atoms with Crippen molar-refractivity contribution in [2.45, 2.75) is 12.8 Å². The van der Waals surface area contributed by atoms with E-state index in [1.165, 1.54) is 5.56 Å².